The summed E-state index contributed by atoms with van der Waals surface area (Å²) < 4.78 is 53.4. The number of halogens is 2. The lowest BCUT2D eigenvalue weighted by Crippen LogP contribution is -2.48. The fourth-order valence-corrected chi connectivity index (χ4v) is 4.36. The molecule has 3 rings (SSSR count). The van der Waals surface area contributed by atoms with Gasteiger partial charge in [-0.1, -0.05) is 18.2 Å². The Morgan fingerprint density at radius 3 is 2.38 bits per heavy atom. The maximum absolute atomic E-state index is 13.4. The Hall–Kier alpha value is -1.83. The van der Waals surface area contributed by atoms with E-state index in [1.807, 2.05) is 11.9 Å². The van der Waals surface area contributed by atoms with Gasteiger partial charge in [-0.3, -0.25) is 4.90 Å². The van der Waals surface area contributed by atoms with Crippen molar-refractivity contribution in [2.24, 2.45) is 0 Å². The van der Waals surface area contributed by atoms with Crippen LogP contribution in [0.1, 0.15) is 11.6 Å². The summed E-state index contributed by atoms with van der Waals surface area (Å²) >= 11 is 0. The van der Waals surface area contributed by atoms with E-state index < -0.39 is 15.8 Å². The summed E-state index contributed by atoms with van der Waals surface area (Å²) in [5.74, 6) is -0.915. The minimum absolute atomic E-state index is 0.0510. The summed E-state index contributed by atoms with van der Waals surface area (Å²) in [4.78, 5) is 1.98. The SMILES string of the molecule is CN1CCN(S(=O)(=O)c2cccc(F)c2)CC1c1ccc(F)cc1. The average Bonchev–Trinajstić information content (AvgIpc) is 2.56. The molecule has 7 heteroatoms. The second-order valence-corrected chi connectivity index (χ2v) is 7.81. The van der Waals surface area contributed by atoms with Crippen molar-refractivity contribution >= 4 is 10.0 Å². The summed E-state index contributed by atoms with van der Waals surface area (Å²) in [7, 11) is -1.86. The molecule has 2 aromatic carbocycles. The Bertz CT molecular complexity index is 825. The van der Waals surface area contributed by atoms with E-state index in [4.69, 9.17) is 0 Å². The van der Waals surface area contributed by atoms with Gasteiger partial charge in [-0.15, -0.1) is 0 Å². The molecule has 0 aromatic heterocycles. The molecular formula is C17H18F2N2O2S. The largest absolute Gasteiger partial charge is 0.297 e. The third kappa shape index (κ3) is 3.33. The molecule has 1 unspecified atom stereocenters. The van der Waals surface area contributed by atoms with Gasteiger partial charge in [0, 0.05) is 25.7 Å². The lowest BCUT2D eigenvalue weighted by Gasteiger charge is -2.39. The summed E-state index contributed by atoms with van der Waals surface area (Å²) in [5, 5.41) is 0. The smallest absolute Gasteiger partial charge is 0.243 e. The molecule has 0 aliphatic carbocycles. The number of nitrogens with zero attached hydrogens (tertiary/aromatic N) is 2. The predicted molar refractivity (Wildman–Crippen MR) is 86.9 cm³/mol. The van der Waals surface area contributed by atoms with Crippen molar-refractivity contribution in [2.75, 3.05) is 26.7 Å². The predicted octanol–water partition coefficient (Wildman–Crippen LogP) is 2.64. The van der Waals surface area contributed by atoms with Crippen LogP contribution in [0.5, 0.6) is 0 Å². The van der Waals surface area contributed by atoms with Crippen LogP contribution in [-0.2, 0) is 10.0 Å². The molecule has 1 atom stereocenters. The van der Waals surface area contributed by atoms with Crippen LogP contribution in [0.15, 0.2) is 53.4 Å². The van der Waals surface area contributed by atoms with E-state index in [-0.39, 0.29) is 23.3 Å². The standard InChI is InChI=1S/C17H18F2N2O2S/c1-20-9-10-21(12-17(20)13-5-7-14(18)8-6-13)24(22,23)16-4-2-3-15(19)11-16/h2-8,11,17H,9-10,12H2,1H3. The third-order valence-corrected chi connectivity index (χ3v) is 6.16. The summed E-state index contributed by atoms with van der Waals surface area (Å²) in [6.07, 6.45) is 0. The Labute approximate surface area is 140 Å². The molecule has 1 fully saturated rings. The molecule has 0 radical (unpaired) electrons. The first kappa shape index (κ1) is 17.0. The van der Waals surface area contributed by atoms with Crippen LogP contribution in [0.25, 0.3) is 0 Å². The second kappa shape index (κ2) is 6.58. The van der Waals surface area contributed by atoms with E-state index in [1.54, 1.807) is 12.1 Å². The van der Waals surface area contributed by atoms with Crippen molar-refractivity contribution in [3.63, 3.8) is 0 Å². The highest BCUT2D eigenvalue weighted by atomic mass is 32.2. The Kier molecular flexibility index (Phi) is 4.67. The molecule has 0 spiro atoms. The van der Waals surface area contributed by atoms with Gasteiger partial charge in [-0.05, 0) is 42.9 Å². The molecule has 0 saturated carbocycles. The Morgan fingerprint density at radius 2 is 1.71 bits per heavy atom. The van der Waals surface area contributed by atoms with Gasteiger partial charge in [0.25, 0.3) is 0 Å². The summed E-state index contributed by atoms with van der Waals surface area (Å²) in [6, 6.07) is 10.9. The number of rotatable bonds is 3. The molecule has 0 N–H and O–H groups in total. The minimum Gasteiger partial charge on any atom is -0.297 e. The van der Waals surface area contributed by atoms with Crippen LogP contribution >= 0.6 is 0 Å². The van der Waals surface area contributed by atoms with Gasteiger partial charge in [-0.25, -0.2) is 17.2 Å². The Balaban J connectivity index is 1.88. The van der Waals surface area contributed by atoms with Gasteiger partial charge in [0.1, 0.15) is 11.6 Å². The normalized spacial score (nSPS) is 20.2. The average molecular weight is 352 g/mol. The molecule has 1 aliphatic rings. The first-order valence-corrected chi connectivity index (χ1v) is 9.03. The number of hydrogen-bond acceptors (Lipinski definition) is 3. The molecule has 1 saturated heterocycles. The molecule has 128 valence electrons. The van der Waals surface area contributed by atoms with E-state index >= 15 is 0 Å². The fourth-order valence-electron chi connectivity index (χ4n) is 2.89. The van der Waals surface area contributed by atoms with E-state index in [0.29, 0.717) is 13.1 Å². The van der Waals surface area contributed by atoms with E-state index in [1.165, 1.54) is 34.6 Å². The zero-order valence-corrected chi connectivity index (χ0v) is 14.0. The van der Waals surface area contributed by atoms with Crippen molar-refractivity contribution in [2.45, 2.75) is 10.9 Å². The first-order chi connectivity index (χ1) is 11.4. The van der Waals surface area contributed by atoms with Crippen molar-refractivity contribution in [1.29, 1.82) is 0 Å². The molecule has 2 aromatic rings. The quantitative estimate of drug-likeness (QED) is 0.853. The second-order valence-electron chi connectivity index (χ2n) is 5.87. The molecule has 24 heavy (non-hydrogen) atoms. The molecule has 1 heterocycles. The van der Waals surface area contributed by atoms with Gasteiger partial charge >= 0.3 is 0 Å². The highest BCUT2D eigenvalue weighted by molar-refractivity contribution is 7.89. The zero-order chi connectivity index (χ0) is 17.3. The van der Waals surface area contributed by atoms with Crippen LogP contribution in [0.4, 0.5) is 8.78 Å². The molecular weight excluding hydrogens is 334 g/mol. The Morgan fingerprint density at radius 1 is 1.00 bits per heavy atom. The van der Waals surface area contributed by atoms with Crippen molar-refractivity contribution in [1.82, 2.24) is 9.21 Å². The summed E-state index contributed by atoms with van der Waals surface area (Å²) in [6.45, 7) is 1.10. The number of piperazine rings is 1. The van der Waals surface area contributed by atoms with Crippen molar-refractivity contribution in [3.05, 3.63) is 65.7 Å². The van der Waals surface area contributed by atoms with Crippen LogP contribution in [0, 0.1) is 11.6 Å². The number of sulfonamides is 1. The first-order valence-electron chi connectivity index (χ1n) is 7.59. The number of likely N-dealkylation sites (N-methyl/N-ethyl adjacent to an activating group) is 1. The maximum Gasteiger partial charge on any atom is 0.243 e. The molecule has 0 amide bonds. The molecule has 4 nitrogen and oxygen atoms in total. The van der Waals surface area contributed by atoms with Gasteiger partial charge in [0.05, 0.1) is 4.90 Å². The van der Waals surface area contributed by atoms with Crippen LogP contribution in [-0.4, -0.2) is 44.3 Å². The van der Waals surface area contributed by atoms with Gasteiger partial charge in [-0.2, -0.15) is 4.31 Å². The van der Waals surface area contributed by atoms with Crippen molar-refractivity contribution in [3.8, 4) is 0 Å². The fraction of sp³-hybridized carbons (Fsp3) is 0.294. The van der Waals surface area contributed by atoms with Crippen molar-refractivity contribution < 1.29 is 17.2 Å². The van der Waals surface area contributed by atoms with Gasteiger partial charge in [0.2, 0.25) is 10.0 Å². The minimum atomic E-state index is -3.76. The summed E-state index contributed by atoms with van der Waals surface area (Å²) in [5.41, 5.74) is 0.845. The molecule has 0 bridgehead atoms. The van der Waals surface area contributed by atoms with Crippen LogP contribution in [0.2, 0.25) is 0 Å². The number of hydrogen-bond donors (Lipinski definition) is 0. The van der Waals surface area contributed by atoms with E-state index in [0.717, 1.165) is 11.6 Å². The number of benzene rings is 2. The topological polar surface area (TPSA) is 40.6 Å². The highest BCUT2D eigenvalue weighted by Crippen LogP contribution is 2.28. The zero-order valence-electron chi connectivity index (χ0n) is 13.2. The van der Waals surface area contributed by atoms with Gasteiger partial charge < -0.3 is 0 Å². The van der Waals surface area contributed by atoms with Gasteiger partial charge in [0.15, 0.2) is 0 Å². The van der Waals surface area contributed by atoms with Crippen LogP contribution < -0.4 is 0 Å². The lowest BCUT2D eigenvalue weighted by molar-refractivity contribution is 0.148. The maximum atomic E-state index is 13.4. The van der Waals surface area contributed by atoms with E-state index in [2.05, 4.69) is 0 Å². The third-order valence-electron chi connectivity index (χ3n) is 4.30. The monoisotopic (exact) mass is 352 g/mol. The highest BCUT2D eigenvalue weighted by Gasteiger charge is 2.33. The van der Waals surface area contributed by atoms with E-state index in [9.17, 15) is 17.2 Å². The molecule has 1 aliphatic heterocycles. The lowest BCUT2D eigenvalue weighted by atomic mass is 10.0. The van der Waals surface area contributed by atoms with Crippen LogP contribution in [0.3, 0.4) is 0 Å².